The molecule has 2 aromatic heterocycles. The summed E-state index contributed by atoms with van der Waals surface area (Å²) in [4.78, 5) is 23.0. The van der Waals surface area contributed by atoms with Crippen LogP contribution in [0.15, 0.2) is 54.6 Å². The number of carboxylic acids is 1. The maximum atomic E-state index is 11.6. The number of carbonyl (C=O) groups is 1. The van der Waals surface area contributed by atoms with Gasteiger partial charge < -0.3 is 14.7 Å². The number of nitrogens with zero attached hydrogens (tertiary/aromatic N) is 3. The van der Waals surface area contributed by atoms with Crippen LogP contribution in [0.1, 0.15) is 33.1 Å². The molecule has 0 saturated carbocycles. The molecule has 2 N–H and O–H groups in total. The summed E-state index contributed by atoms with van der Waals surface area (Å²) in [6, 6.07) is 16.5. The van der Waals surface area contributed by atoms with Crippen molar-refractivity contribution in [1.82, 2.24) is 14.5 Å². The molecular formula is C23H18N4O2. The van der Waals surface area contributed by atoms with Crippen molar-refractivity contribution >= 4 is 28.8 Å². The average Bonchev–Trinajstić information content (AvgIpc) is 3.26. The van der Waals surface area contributed by atoms with Gasteiger partial charge in [-0.1, -0.05) is 24.3 Å². The lowest BCUT2D eigenvalue weighted by Crippen LogP contribution is -2.07. The number of nitrogens with one attached hydrogen (secondary N) is 1. The first kappa shape index (κ1) is 18.3. The molecule has 2 heterocycles. The van der Waals surface area contributed by atoms with Gasteiger partial charge >= 0.3 is 5.97 Å². The second kappa shape index (κ2) is 7.13. The Balaban J connectivity index is 1.84. The van der Waals surface area contributed by atoms with Gasteiger partial charge in [0.2, 0.25) is 5.70 Å². The number of aromatic carboxylic acids is 1. The number of hydrogen-bond acceptors (Lipinski definition) is 2. The Morgan fingerprint density at radius 1 is 1.17 bits per heavy atom. The fourth-order valence-electron chi connectivity index (χ4n) is 3.53. The third-order valence-corrected chi connectivity index (χ3v) is 4.89. The maximum absolute atomic E-state index is 11.6. The highest BCUT2D eigenvalue weighted by Crippen LogP contribution is 2.27. The average molecular weight is 382 g/mol. The van der Waals surface area contributed by atoms with Gasteiger partial charge in [-0.25, -0.2) is 14.6 Å². The van der Waals surface area contributed by atoms with E-state index in [1.165, 1.54) is 0 Å². The van der Waals surface area contributed by atoms with E-state index in [9.17, 15) is 9.90 Å². The lowest BCUT2D eigenvalue weighted by molar-refractivity contribution is 0.0697. The number of benzene rings is 2. The molecule has 0 bridgehead atoms. The van der Waals surface area contributed by atoms with Crippen molar-refractivity contribution in [3.63, 3.8) is 0 Å². The molecule has 29 heavy (non-hydrogen) atoms. The predicted octanol–water partition coefficient (Wildman–Crippen LogP) is 5.09. The fourth-order valence-corrected chi connectivity index (χ4v) is 3.53. The zero-order chi connectivity index (χ0) is 20.5. The molecule has 142 valence electrons. The molecule has 0 fully saturated rings. The van der Waals surface area contributed by atoms with Gasteiger partial charge in [-0.3, -0.25) is 0 Å². The molecule has 6 heteroatoms. The monoisotopic (exact) mass is 382 g/mol. The summed E-state index contributed by atoms with van der Waals surface area (Å²) < 4.78 is 1.90. The Bertz CT molecular complexity index is 1290. The van der Waals surface area contributed by atoms with Gasteiger partial charge in [0.05, 0.1) is 28.9 Å². The molecule has 0 unspecified atom stereocenters. The van der Waals surface area contributed by atoms with Crippen LogP contribution in [0.5, 0.6) is 0 Å². The first-order valence-electron chi connectivity index (χ1n) is 9.05. The van der Waals surface area contributed by atoms with Gasteiger partial charge in [0, 0.05) is 11.4 Å². The quantitative estimate of drug-likeness (QED) is 0.483. The van der Waals surface area contributed by atoms with Crippen molar-refractivity contribution in [2.75, 3.05) is 0 Å². The number of imidazole rings is 1. The van der Waals surface area contributed by atoms with Crippen LogP contribution in [0.25, 0.3) is 33.3 Å². The van der Waals surface area contributed by atoms with Gasteiger partial charge in [0.25, 0.3) is 0 Å². The van der Waals surface area contributed by atoms with Gasteiger partial charge in [-0.15, -0.1) is 0 Å². The first-order chi connectivity index (χ1) is 14.0. The van der Waals surface area contributed by atoms with E-state index in [1.54, 1.807) is 24.3 Å². The highest BCUT2D eigenvalue weighted by molar-refractivity contribution is 5.92. The van der Waals surface area contributed by atoms with Crippen LogP contribution in [0.3, 0.4) is 0 Å². The number of aromatic nitrogens is 3. The van der Waals surface area contributed by atoms with Gasteiger partial charge in [-0.2, -0.15) is 0 Å². The highest BCUT2D eigenvalue weighted by atomic mass is 16.4. The van der Waals surface area contributed by atoms with E-state index in [1.807, 2.05) is 54.8 Å². The Morgan fingerprint density at radius 3 is 2.62 bits per heavy atom. The number of fused-ring (bicyclic) bond motifs is 1. The molecule has 0 atom stereocenters. The zero-order valence-electron chi connectivity index (χ0n) is 16.0. The van der Waals surface area contributed by atoms with Crippen LogP contribution >= 0.6 is 0 Å². The van der Waals surface area contributed by atoms with E-state index >= 15 is 0 Å². The first-order valence-corrected chi connectivity index (χ1v) is 9.05. The minimum absolute atomic E-state index is 0.229. The van der Waals surface area contributed by atoms with Crippen LogP contribution < -0.4 is 0 Å². The lowest BCUT2D eigenvalue weighted by Gasteiger charge is -2.12. The predicted molar refractivity (Wildman–Crippen MR) is 113 cm³/mol. The molecule has 4 rings (SSSR count). The van der Waals surface area contributed by atoms with E-state index in [0.717, 1.165) is 28.0 Å². The number of carboxylic acid groups (broad SMARTS) is 1. The normalized spacial score (nSPS) is 11.6. The topological polar surface area (TPSA) is 75.3 Å². The summed E-state index contributed by atoms with van der Waals surface area (Å²) in [6.07, 6.45) is 1.78. The molecule has 0 aliphatic carbocycles. The minimum atomic E-state index is -0.977. The van der Waals surface area contributed by atoms with Crippen molar-refractivity contribution in [2.24, 2.45) is 0 Å². The number of hydrogen-bond donors (Lipinski definition) is 2. The zero-order valence-corrected chi connectivity index (χ0v) is 16.0. The molecule has 0 radical (unpaired) electrons. The summed E-state index contributed by atoms with van der Waals surface area (Å²) in [7, 11) is 0. The maximum Gasteiger partial charge on any atom is 0.337 e. The van der Waals surface area contributed by atoms with Crippen molar-refractivity contribution in [1.29, 1.82) is 0 Å². The van der Waals surface area contributed by atoms with Crippen LogP contribution in [0.2, 0.25) is 0 Å². The van der Waals surface area contributed by atoms with Crippen molar-refractivity contribution in [3.8, 4) is 5.69 Å². The van der Waals surface area contributed by atoms with E-state index < -0.39 is 5.97 Å². The minimum Gasteiger partial charge on any atom is -0.478 e. The largest absolute Gasteiger partial charge is 0.478 e. The third kappa shape index (κ3) is 3.19. The fraction of sp³-hybridized carbons (Fsp3) is 0.0870. The Labute approximate surface area is 167 Å². The van der Waals surface area contributed by atoms with Gasteiger partial charge in [0.1, 0.15) is 5.82 Å². The molecule has 4 aromatic rings. The Kier molecular flexibility index (Phi) is 4.49. The number of aryl methyl sites for hydroxylation is 1. The molecule has 0 spiro atoms. The second-order valence-corrected chi connectivity index (χ2v) is 6.73. The molecule has 0 saturated heterocycles. The van der Waals surface area contributed by atoms with Crippen LogP contribution in [0, 0.1) is 20.4 Å². The molecule has 0 aliphatic heterocycles. The van der Waals surface area contributed by atoms with E-state index in [4.69, 9.17) is 6.57 Å². The number of aromatic amines is 1. The smallest absolute Gasteiger partial charge is 0.337 e. The van der Waals surface area contributed by atoms with E-state index in [2.05, 4.69) is 14.8 Å². The van der Waals surface area contributed by atoms with E-state index in [0.29, 0.717) is 17.2 Å². The highest BCUT2D eigenvalue weighted by Gasteiger charge is 2.17. The molecular weight excluding hydrogens is 364 g/mol. The summed E-state index contributed by atoms with van der Waals surface area (Å²) in [6.45, 7) is 11.5. The summed E-state index contributed by atoms with van der Waals surface area (Å²) >= 11 is 0. The molecule has 2 aromatic carbocycles. The second-order valence-electron chi connectivity index (χ2n) is 6.73. The summed E-state index contributed by atoms with van der Waals surface area (Å²) in [5, 5.41) is 9.54. The molecule has 6 nitrogen and oxygen atoms in total. The van der Waals surface area contributed by atoms with Crippen LogP contribution in [-0.2, 0) is 0 Å². The standard InChI is InChI=1S/C23H18N4O2/c1-14-12-16(15(2)27(14)21-11-7-4-8-17(21)23(28)29)13-20(24-3)22-25-18-9-5-6-10-19(18)26-22/h4-13H,1-2H3,(H,25,26)(H,28,29)/b20-13-. The van der Waals surface area contributed by atoms with Crippen molar-refractivity contribution < 1.29 is 9.90 Å². The molecule has 0 aliphatic rings. The number of rotatable bonds is 4. The van der Waals surface area contributed by atoms with Gasteiger partial charge in [0.15, 0.2) is 0 Å². The summed E-state index contributed by atoms with van der Waals surface area (Å²) in [5.41, 5.74) is 5.48. The number of H-pyrrole nitrogens is 1. The van der Waals surface area contributed by atoms with Crippen LogP contribution in [0.4, 0.5) is 0 Å². The Morgan fingerprint density at radius 2 is 1.90 bits per heavy atom. The van der Waals surface area contributed by atoms with Gasteiger partial charge in [-0.05, 0) is 55.8 Å². The van der Waals surface area contributed by atoms with E-state index in [-0.39, 0.29) is 5.56 Å². The third-order valence-electron chi connectivity index (χ3n) is 4.89. The summed E-state index contributed by atoms with van der Waals surface area (Å²) in [5.74, 6) is -0.466. The SMILES string of the molecule is [C-]#[N+]/C(=C\c1cc(C)n(-c2ccccc2C(=O)O)c1C)c1nc2ccccc2[nH]1. The molecule has 0 amide bonds. The van der Waals surface area contributed by atoms with Crippen LogP contribution in [-0.4, -0.2) is 25.6 Å². The van der Waals surface area contributed by atoms with Crippen molar-refractivity contribution in [3.05, 3.63) is 94.4 Å². The Hall–Kier alpha value is -4.11. The van der Waals surface area contributed by atoms with Crippen molar-refractivity contribution in [2.45, 2.75) is 13.8 Å². The lowest BCUT2D eigenvalue weighted by atomic mass is 10.1. The number of para-hydroxylation sites is 3.